The minimum Gasteiger partial charge on any atom is -0.496 e. The Morgan fingerprint density at radius 2 is 1.79 bits per heavy atom. The maximum absolute atomic E-state index is 12.7. The lowest BCUT2D eigenvalue weighted by Gasteiger charge is -2.13. The fourth-order valence-corrected chi connectivity index (χ4v) is 3.48. The molecule has 0 fully saturated rings. The van der Waals surface area contributed by atoms with Crippen LogP contribution in [0.4, 0.5) is 5.69 Å². The largest absolute Gasteiger partial charge is 0.496 e. The molecule has 1 aliphatic rings. The second-order valence-electron chi connectivity index (χ2n) is 6.29. The number of rotatable bonds is 5. The quantitative estimate of drug-likeness (QED) is 0.659. The van der Waals surface area contributed by atoms with E-state index in [4.69, 9.17) is 18.6 Å². The molecule has 0 saturated heterocycles. The SMILES string of the molecule is CCOC(=O)c1oc2c(OC)ccc3c2c1NC(=O)C=C3c1ccccc1OC. The molecule has 0 saturated carbocycles. The maximum atomic E-state index is 12.7. The number of amides is 1. The number of ether oxygens (including phenoxy) is 3. The second-order valence-corrected chi connectivity index (χ2v) is 6.29. The summed E-state index contributed by atoms with van der Waals surface area (Å²) in [5, 5.41) is 3.32. The van der Waals surface area contributed by atoms with Crippen LogP contribution in [0.1, 0.15) is 28.6 Å². The minimum absolute atomic E-state index is 0.0735. The number of anilines is 1. The first-order valence-corrected chi connectivity index (χ1v) is 9.06. The van der Waals surface area contributed by atoms with E-state index in [1.807, 2.05) is 30.3 Å². The number of benzene rings is 2. The summed E-state index contributed by atoms with van der Waals surface area (Å²) in [6.45, 7) is 1.88. The Kier molecular flexibility index (Phi) is 4.72. The van der Waals surface area contributed by atoms with Crippen LogP contribution in [-0.2, 0) is 9.53 Å². The Morgan fingerprint density at radius 1 is 1.03 bits per heavy atom. The molecule has 1 aromatic heterocycles. The molecule has 148 valence electrons. The van der Waals surface area contributed by atoms with Crippen LogP contribution in [-0.4, -0.2) is 32.7 Å². The Morgan fingerprint density at radius 3 is 2.52 bits per heavy atom. The lowest BCUT2D eigenvalue weighted by molar-refractivity contribution is -0.111. The van der Waals surface area contributed by atoms with E-state index < -0.39 is 11.9 Å². The Balaban J connectivity index is 2.05. The molecule has 0 radical (unpaired) electrons. The topological polar surface area (TPSA) is 87.0 Å². The zero-order valence-electron chi connectivity index (χ0n) is 16.2. The lowest BCUT2D eigenvalue weighted by atomic mass is 9.94. The van der Waals surface area contributed by atoms with E-state index >= 15 is 0 Å². The monoisotopic (exact) mass is 393 g/mol. The van der Waals surface area contributed by atoms with Crippen molar-refractivity contribution in [2.75, 3.05) is 26.1 Å². The highest BCUT2D eigenvalue weighted by atomic mass is 16.5. The summed E-state index contributed by atoms with van der Waals surface area (Å²) in [7, 11) is 3.08. The van der Waals surface area contributed by atoms with Gasteiger partial charge in [-0.1, -0.05) is 18.2 Å². The van der Waals surface area contributed by atoms with Crippen molar-refractivity contribution < 1.29 is 28.2 Å². The molecule has 0 aliphatic carbocycles. The van der Waals surface area contributed by atoms with E-state index in [0.717, 1.165) is 5.56 Å². The molecule has 7 heteroatoms. The van der Waals surface area contributed by atoms with Gasteiger partial charge < -0.3 is 23.9 Å². The van der Waals surface area contributed by atoms with E-state index in [1.54, 1.807) is 20.1 Å². The van der Waals surface area contributed by atoms with Crippen LogP contribution >= 0.6 is 0 Å². The predicted octanol–water partition coefficient (Wildman–Crippen LogP) is 4.01. The molecule has 4 rings (SSSR count). The van der Waals surface area contributed by atoms with Crippen LogP contribution in [0.3, 0.4) is 0 Å². The van der Waals surface area contributed by atoms with Crippen LogP contribution < -0.4 is 14.8 Å². The van der Waals surface area contributed by atoms with Gasteiger partial charge in [-0.05, 0) is 36.3 Å². The van der Waals surface area contributed by atoms with Crippen molar-refractivity contribution in [2.45, 2.75) is 6.92 Å². The molecule has 2 heterocycles. The Bertz CT molecular complexity index is 1160. The van der Waals surface area contributed by atoms with E-state index in [2.05, 4.69) is 5.32 Å². The summed E-state index contributed by atoms with van der Waals surface area (Å²) in [5.41, 5.74) is 2.70. The van der Waals surface area contributed by atoms with Crippen LogP contribution in [0.2, 0.25) is 0 Å². The molecule has 1 aliphatic heterocycles. The van der Waals surface area contributed by atoms with Gasteiger partial charge in [0.15, 0.2) is 11.3 Å². The number of methoxy groups -OCH3 is 2. The average Bonchev–Trinajstić information content (AvgIpc) is 3.03. The van der Waals surface area contributed by atoms with Gasteiger partial charge in [-0.15, -0.1) is 0 Å². The third-order valence-electron chi connectivity index (χ3n) is 4.69. The summed E-state index contributed by atoms with van der Waals surface area (Å²) in [6, 6.07) is 11.0. The fourth-order valence-electron chi connectivity index (χ4n) is 3.48. The van der Waals surface area contributed by atoms with Crippen LogP contribution in [0.5, 0.6) is 11.5 Å². The number of carbonyl (C=O) groups is 2. The van der Waals surface area contributed by atoms with Gasteiger partial charge in [-0.3, -0.25) is 4.79 Å². The molecule has 7 nitrogen and oxygen atoms in total. The smallest absolute Gasteiger partial charge is 0.376 e. The molecule has 3 aromatic rings. The Labute approximate surface area is 166 Å². The van der Waals surface area contributed by atoms with Gasteiger partial charge in [0.05, 0.1) is 26.2 Å². The van der Waals surface area contributed by atoms with Crippen LogP contribution in [0, 0.1) is 0 Å². The number of hydrogen-bond acceptors (Lipinski definition) is 6. The number of nitrogens with one attached hydrogen (secondary N) is 1. The standard InChI is InChI=1S/C22H19NO6/c1-4-28-22(25)21-19-18-13(9-10-16(27-3)20(18)29-21)14(11-17(24)23-19)12-7-5-6-8-15(12)26-2/h5-11H,4H2,1-3H3,(H,23,24). The molecule has 1 amide bonds. The molecule has 29 heavy (non-hydrogen) atoms. The molecule has 0 bridgehead atoms. The number of carbonyl (C=O) groups excluding carboxylic acids is 2. The maximum Gasteiger partial charge on any atom is 0.376 e. The highest BCUT2D eigenvalue weighted by Gasteiger charge is 2.30. The first-order chi connectivity index (χ1) is 14.1. The third-order valence-corrected chi connectivity index (χ3v) is 4.69. The van der Waals surface area contributed by atoms with Gasteiger partial charge in [0, 0.05) is 11.6 Å². The number of para-hydroxylation sites is 1. The van der Waals surface area contributed by atoms with Gasteiger partial charge in [0.2, 0.25) is 11.7 Å². The van der Waals surface area contributed by atoms with Gasteiger partial charge in [-0.25, -0.2) is 4.79 Å². The molecular weight excluding hydrogens is 374 g/mol. The van der Waals surface area contributed by atoms with Gasteiger partial charge in [0.25, 0.3) is 0 Å². The van der Waals surface area contributed by atoms with Crippen molar-refractivity contribution in [3.63, 3.8) is 0 Å². The van der Waals surface area contributed by atoms with Crippen molar-refractivity contribution in [3.05, 3.63) is 59.4 Å². The Hall–Kier alpha value is -3.74. The summed E-state index contributed by atoms with van der Waals surface area (Å²) in [5.74, 6) is -0.0677. The van der Waals surface area contributed by atoms with E-state index in [1.165, 1.54) is 13.2 Å². The average molecular weight is 393 g/mol. The number of furan rings is 1. The van der Waals surface area contributed by atoms with Gasteiger partial charge in [0.1, 0.15) is 11.4 Å². The molecular formula is C22H19NO6. The first kappa shape index (κ1) is 18.6. The molecule has 0 atom stereocenters. The van der Waals surface area contributed by atoms with Crippen molar-refractivity contribution >= 4 is 34.1 Å². The normalized spacial score (nSPS) is 12.8. The molecule has 2 aromatic carbocycles. The van der Waals surface area contributed by atoms with Gasteiger partial charge >= 0.3 is 5.97 Å². The minimum atomic E-state index is -0.659. The highest BCUT2D eigenvalue weighted by Crippen LogP contribution is 2.45. The first-order valence-electron chi connectivity index (χ1n) is 9.06. The summed E-state index contributed by atoms with van der Waals surface area (Å²) < 4.78 is 21.8. The zero-order chi connectivity index (χ0) is 20.5. The second kappa shape index (κ2) is 7.35. The van der Waals surface area contributed by atoms with E-state index in [0.29, 0.717) is 33.6 Å². The third kappa shape index (κ3) is 3.00. The fraction of sp³-hybridized carbons (Fsp3) is 0.182. The number of esters is 1. The summed E-state index contributed by atoms with van der Waals surface area (Å²) in [4.78, 5) is 25.2. The highest BCUT2D eigenvalue weighted by molar-refractivity contribution is 6.21. The van der Waals surface area contributed by atoms with Crippen molar-refractivity contribution in [1.29, 1.82) is 0 Å². The predicted molar refractivity (Wildman–Crippen MR) is 107 cm³/mol. The van der Waals surface area contributed by atoms with E-state index in [-0.39, 0.29) is 18.1 Å². The zero-order valence-corrected chi connectivity index (χ0v) is 16.2. The van der Waals surface area contributed by atoms with Gasteiger partial charge in [-0.2, -0.15) is 0 Å². The van der Waals surface area contributed by atoms with E-state index in [9.17, 15) is 9.59 Å². The summed E-state index contributed by atoms with van der Waals surface area (Å²) >= 11 is 0. The van der Waals surface area contributed by atoms with Crippen molar-refractivity contribution in [3.8, 4) is 11.5 Å². The van der Waals surface area contributed by atoms with Crippen molar-refractivity contribution in [2.24, 2.45) is 0 Å². The van der Waals surface area contributed by atoms with Crippen LogP contribution in [0.25, 0.3) is 16.5 Å². The molecule has 0 unspecified atom stereocenters. The lowest BCUT2D eigenvalue weighted by Crippen LogP contribution is -2.12. The van der Waals surface area contributed by atoms with Crippen LogP contribution in [0.15, 0.2) is 46.9 Å². The molecule has 1 N–H and O–H groups in total. The van der Waals surface area contributed by atoms with Crippen molar-refractivity contribution in [1.82, 2.24) is 0 Å². The summed E-state index contributed by atoms with van der Waals surface area (Å²) in [6.07, 6.45) is 1.48. The number of hydrogen-bond donors (Lipinski definition) is 1. The molecule has 0 spiro atoms.